The maximum Gasteiger partial charge on any atom is 0.274 e. The van der Waals surface area contributed by atoms with Gasteiger partial charge in [-0.1, -0.05) is 0 Å². The summed E-state index contributed by atoms with van der Waals surface area (Å²) >= 11 is 1.29. The number of hydrogen-bond donors (Lipinski definition) is 2. The Labute approximate surface area is 153 Å². The summed E-state index contributed by atoms with van der Waals surface area (Å²) in [4.78, 5) is 19.6. The normalized spacial score (nSPS) is 17.2. The van der Waals surface area contributed by atoms with Crippen LogP contribution in [0.2, 0.25) is 0 Å². The molecule has 0 spiro atoms. The van der Waals surface area contributed by atoms with Gasteiger partial charge in [-0.25, -0.2) is 9.50 Å². The van der Waals surface area contributed by atoms with Crippen LogP contribution >= 0.6 is 11.3 Å². The van der Waals surface area contributed by atoms with Crippen LogP contribution in [-0.4, -0.2) is 39.6 Å². The van der Waals surface area contributed by atoms with E-state index in [-0.39, 0.29) is 11.9 Å². The van der Waals surface area contributed by atoms with E-state index >= 15 is 0 Å². The second kappa shape index (κ2) is 6.74. The summed E-state index contributed by atoms with van der Waals surface area (Å²) in [5.41, 5.74) is 7.67. The van der Waals surface area contributed by atoms with E-state index in [9.17, 15) is 4.79 Å². The van der Waals surface area contributed by atoms with E-state index in [2.05, 4.69) is 21.5 Å². The Morgan fingerprint density at radius 1 is 1.42 bits per heavy atom. The van der Waals surface area contributed by atoms with Gasteiger partial charge in [0.1, 0.15) is 16.6 Å². The molecule has 3 N–H and O–H groups in total. The Morgan fingerprint density at radius 2 is 2.31 bits per heavy atom. The van der Waals surface area contributed by atoms with Gasteiger partial charge in [-0.3, -0.25) is 4.79 Å². The zero-order valence-electron chi connectivity index (χ0n) is 13.9. The summed E-state index contributed by atoms with van der Waals surface area (Å²) in [7, 11) is 0. The van der Waals surface area contributed by atoms with Crippen molar-refractivity contribution in [1.29, 1.82) is 5.26 Å². The molecule has 1 atom stereocenters. The maximum absolute atomic E-state index is 12.7. The first-order valence-corrected chi connectivity index (χ1v) is 9.18. The lowest BCUT2D eigenvalue weighted by Gasteiger charge is -2.30. The number of carbonyl (C=O) groups excluding carboxylic acids is 1. The van der Waals surface area contributed by atoms with Gasteiger partial charge in [0.25, 0.3) is 5.91 Å². The Kier molecular flexibility index (Phi) is 4.28. The zero-order valence-corrected chi connectivity index (χ0v) is 14.7. The molecule has 1 saturated heterocycles. The molecule has 1 aliphatic heterocycles. The van der Waals surface area contributed by atoms with Crippen molar-refractivity contribution in [3.8, 4) is 6.07 Å². The molecule has 1 fully saturated rings. The van der Waals surface area contributed by atoms with Crippen LogP contribution in [0, 0.1) is 11.3 Å². The second-order valence-corrected chi connectivity index (χ2v) is 7.11. The molecular formula is C17H17N7OS. The van der Waals surface area contributed by atoms with E-state index in [4.69, 9.17) is 11.0 Å². The predicted octanol–water partition coefficient (Wildman–Crippen LogP) is 1.84. The third-order valence-electron chi connectivity index (χ3n) is 4.37. The highest BCUT2D eigenvalue weighted by Gasteiger charge is 2.21. The molecule has 3 aromatic heterocycles. The van der Waals surface area contributed by atoms with Crippen LogP contribution in [0.3, 0.4) is 0 Å². The van der Waals surface area contributed by atoms with E-state index in [1.165, 1.54) is 11.3 Å². The summed E-state index contributed by atoms with van der Waals surface area (Å²) in [6, 6.07) is 7.39. The number of nitrogens with two attached hydrogens (primary N) is 1. The third-order valence-corrected chi connectivity index (χ3v) is 5.19. The first-order chi connectivity index (χ1) is 12.7. The van der Waals surface area contributed by atoms with E-state index in [0.29, 0.717) is 28.8 Å². The van der Waals surface area contributed by atoms with E-state index < -0.39 is 0 Å². The predicted molar refractivity (Wildman–Crippen MR) is 99.4 cm³/mol. The van der Waals surface area contributed by atoms with Crippen LogP contribution in [0.25, 0.3) is 5.52 Å². The minimum Gasteiger partial charge on any atom is -0.338 e. The Balaban J connectivity index is 1.64. The first kappa shape index (κ1) is 16.5. The van der Waals surface area contributed by atoms with Gasteiger partial charge in [0.15, 0.2) is 0 Å². The first-order valence-electron chi connectivity index (χ1n) is 8.30. The minimum absolute atomic E-state index is 0.110. The van der Waals surface area contributed by atoms with Gasteiger partial charge in [0.2, 0.25) is 5.95 Å². The number of anilines is 2. The number of amides is 1. The molecule has 3 aromatic rings. The van der Waals surface area contributed by atoms with Crippen LogP contribution in [-0.2, 0) is 0 Å². The number of thiophene rings is 1. The van der Waals surface area contributed by atoms with Gasteiger partial charge in [0, 0.05) is 19.1 Å². The van der Waals surface area contributed by atoms with Crippen molar-refractivity contribution in [1.82, 2.24) is 14.6 Å². The molecule has 0 radical (unpaired) electrons. The number of rotatable bonds is 3. The average molecular weight is 367 g/mol. The fourth-order valence-corrected chi connectivity index (χ4v) is 3.72. The number of piperidine rings is 1. The topological polar surface area (TPSA) is 112 Å². The molecule has 0 aromatic carbocycles. The largest absolute Gasteiger partial charge is 0.338 e. The summed E-state index contributed by atoms with van der Waals surface area (Å²) < 4.78 is 1.58. The van der Waals surface area contributed by atoms with Gasteiger partial charge in [-0.05, 0) is 36.4 Å². The van der Waals surface area contributed by atoms with Crippen molar-refractivity contribution in [2.24, 2.45) is 5.73 Å². The fraction of sp³-hybridized carbons (Fsp3) is 0.294. The highest BCUT2D eigenvalue weighted by molar-refractivity contribution is 7.11. The van der Waals surface area contributed by atoms with Crippen molar-refractivity contribution >= 4 is 34.4 Å². The van der Waals surface area contributed by atoms with Crippen molar-refractivity contribution in [2.75, 3.05) is 23.3 Å². The lowest BCUT2D eigenvalue weighted by molar-refractivity contribution is 0.102. The van der Waals surface area contributed by atoms with Crippen molar-refractivity contribution in [3.05, 3.63) is 40.3 Å². The summed E-state index contributed by atoms with van der Waals surface area (Å²) in [6.07, 6.45) is 3.69. The van der Waals surface area contributed by atoms with Crippen LogP contribution in [0.15, 0.2) is 29.8 Å². The molecule has 0 unspecified atom stereocenters. The third kappa shape index (κ3) is 3.00. The molecule has 0 bridgehead atoms. The zero-order chi connectivity index (χ0) is 18.1. The van der Waals surface area contributed by atoms with Gasteiger partial charge < -0.3 is 16.0 Å². The molecule has 26 heavy (non-hydrogen) atoms. The van der Waals surface area contributed by atoms with Gasteiger partial charge in [-0.15, -0.1) is 16.4 Å². The minimum atomic E-state index is -0.320. The summed E-state index contributed by atoms with van der Waals surface area (Å²) in [5.74, 6) is 0.242. The smallest absolute Gasteiger partial charge is 0.274 e. The number of aromatic nitrogens is 3. The number of fused-ring (bicyclic) bond motifs is 1. The lowest BCUT2D eigenvalue weighted by atomic mass is 10.1. The number of carbonyl (C=O) groups is 1. The molecule has 4 heterocycles. The SMILES string of the molecule is N#Cc1sccc1NC(=O)c1ccc2cnc(N3CCC[C@@H](N)C3)nn12. The maximum atomic E-state index is 12.7. The molecule has 0 saturated carbocycles. The number of nitrogens with one attached hydrogen (secondary N) is 1. The van der Waals surface area contributed by atoms with E-state index in [1.807, 2.05) is 4.90 Å². The van der Waals surface area contributed by atoms with E-state index in [0.717, 1.165) is 24.9 Å². The Bertz CT molecular complexity index is 1000. The highest BCUT2D eigenvalue weighted by atomic mass is 32.1. The van der Waals surface area contributed by atoms with Crippen LogP contribution < -0.4 is 16.0 Å². The van der Waals surface area contributed by atoms with Gasteiger partial charge in [0.05, 0.1) is 17.4 Å². The molecular weight excluding hydrogens is 350 g/mol. The fourth-order valence-electron chi connectivity index (χ4n) is 3.08. The van der Waals surface area contributed by atoms with Gasteiger partial charge >= 0.3 is 0 Å². The van der Waals surface area contributed by atoms with Crippen molar-refractivity contribution in [3.63, 3.8) is 0 Å². The van der Waals surface area contributed by atoms with Crippen LogP contribution in [0.4, 0.5) is 11.6 Å². The summed E-state index contributed by atoms with van der Waals surface area (Å²) in [6.45, 7) is 1.55. The van der Waals surface area contributed by atoms with Crippen molar-refractivity contribution < 1.29 is 4.79 Å². The number of hydrogen-bond acceptors (Lipinski definition) is 7. The highest BCUT2D eigenvalue weighted by Crippen LogP contribution is 2.22. The quantitative estimate of drug-likeness (QED) is 0.730. The van der Waals surface area contributed by atoms with Crippen molar-refractivity contribution in [2.45, 2.75) is 18.9 Å². The molecule has 0 aliphatic carbocycles. The Morgan fingerprint density at radius 3 is 3.12 bits per heavy atom. The molecule has 4 rings (SSSR count). The molecule has 1 amide bonds. The number of nitriles is 1. The molecule has 9 heteroatoms. The lowest BCUT2D eigenvalue weighted by Crippen LogP contribution is -2.43. The second-order valence-electron chi connectivity index (χ2n) is 6.19. The van der Waals surface area contributed by atoms with E-state index in [1.54, 1.807) is 34.3 Å². The molecule has 8 nitrogen and oxygen atoms in total. The summed E-state index contributed by atoms with van der Waals surface area (Å²) in [5, 5.41) is 18.2. The number of nitrogens with zero attached hydrogens (tertiary/aromatic N) is 5. The standard InChI is InChI=1S/C17H17N7OS/c18-8-15-13(5-7-26-15)21-16(25)14-4-3-12-9-20-17(22-24(12)14)23-6-1-2-11(19)10-23/h3-5,7,9,11H,1-2,6,10,19H2,(H,21,25)/t11-/m1/s1. The average Bonchev–Trinajstić information content (AvgIpc) is 3.27. The Hall–Kier alpha value is -2.96. The van der Waals surface area contributed by atoms with Crippen LogP contribution in [0.1, 0.15) is 28.2 Å². The monoisotopic (exact) mass is 367 g/mol. The van der Waals surface area contributed by atoms with Gasteiger partial charge in [-0.2, -0.15) is 5.26 Å². The molecule has 1 aliphatic rings. The van der Waals surface area contributed by atoms with Crippen LogP contribution in [0.5, 0.6) is 0 Å². The molecule has 132 valence electrons.